The topological polar surface area (TPSA) is 3.24 Å². The van der Waals surface area contributed by atoms with Gasteiger partial charge in [0, 0.05) is 16.9 Å². The third-order valence-electron chi connectivity index (χ3n) is 15.5. The van der Waals surface area contributed by atoms with Gasteiger partial charge in [-0.25, -0.2) is 0 Å². The summed E-state index contributed by atoms with van der Waals surface area (Å²) < 4.78 is 0. The number of nitrogens with zero attached hydrogens (tertiary/aromatic N) is 1. The van der Waals surface area contributed by atoms with Gasteiger partial charge in [0.15, 0.2) is 0 Å². The first-order valence-corrected chi connectivity index (χ1v) is 24.6. The number of anilines is 3. The summed E-state index contributed by atoms with van der Waals surface area (Å²) in [6, 6.07) is 86.9. The van der Waals surface area contributed by atoms with Crippen molar-refractivity contribution >= 4 is 31.6 Å². The van der Waals surface area contributed by atoms with Gasteiger partial charge in [0.25, 0.3) is 0 Å². The summed E-state index contributed by atoms with van der Waals surface area (Å²) in [6.07, 6.45) is 6.86. The van der Waals surface area contributed by atoms with Crippen LogP contribution in [0.1, 0.15) is 50.1 Å². The van der Waals surface area contributed by atoms with Gasteiger partial charge in [-0.15, -0.1) is 0 Å². The molecule has 10 aromatic rings. The quantitative estimate of drug-likeness (QED) is 0.151. The molecular weight excluding hydrogens is 826 g/mol. The molecule has 1 unspecified atom stereocenters. The van der Waals surface area contributed by atoms with E-state index in [9.17, 15) is 0 Å². The van der Waals surface area contributed by atoms with E-state index in [0.29, 0.717) is 0 Å². The number of fused-ring (bicyclic) bond motifs is 16. The van der Waals surface area contributed by atoms with Crippen LogP contribution in [0.2, 0.25) is 0 Å². The van der Waals surface area contributed by atoms with Crippen LogP contribution >= 0.6 is 8.20 Å². The number of hydrogen-bond acceptors (Lipinski definition) is 1. The van der Waals surface area contributed by atoms with Crippen LogP contribution in [0, 0.1) is 0 Å². The molecule has 4 aliphatic carbocycles. The largest absolute Gasteiger partial charge is 0.310 e. The van der Waals surface area contributed by atoms with Gasteiger partial charge in [0.2, 0.25) is 0 Å². The van der Waals surface area contributed by atoms with Gasteiger partial charge in [0.1, 0.15) is 0 Å². The van der Waals surface area contributed by atoms with E-state index in [4.69, 9.17) is 6.30 Å². The molecule has 0 saturated heterocycles. The van der Waals surface area contributed by atoms with Crippen molar-refractivity contribution in [1.29, 1.82) is 0 Å². The fourth-order valence-electron chi connectivity index (χ4n) is 12.7. The average Bonchev–Trinajstić information content (AvgIpc) is 3.99. The molecule has 0 aliphatic heterocycles. The summed E-state index contributed by atoms with van der Waals surface area (Å²) >= 11 is 0. The smallest absolute Gasteiger partial charge is 0.0876 e. The lowest BCUT2D eigenvalue weighted by Gasteiger charge is -2.33. The second-order valence-electron chi connectivity index (χ2n) is 18.5. The van der Waals surface area contributed by atoms with Crippen molar-refractivity contribution in [3.05, 3.63) is 281 Å². The average molecular weight is 870 g/mol. The van der Waals surface area contributed by atoms with Crippen molar-refractivity contribution < 1.29 is 0 Å². The molecule has 14 rings (SSSR count). The van der Waals surface area contributed by atoms with E-state index in [-0.39, 0.29) is 0 Å². The van der Waals surface area contributed by atoms with E-state index in [1.807, 2.05) is 0 Å². The lowest BCUT2D eigenvalue weighted by atomic mass is 9.70. The van der Waals surface area contributed by atoms with Gasteiger partial charge in [-0.1, -0.05) is 209 Å². The van der Waals surface area contributed by atoms with Crippen LogP contribution in [0.5, 0.6) is 0 Å². The molecule has 0 fully saturated rings. The van der Waals surface area contributed by atoms with Crippen LogP contribution in [-0.2, 0) is 23.4 Å². The summed E-state index contributed by atoms with van der Waals surface area (Å²) in [4.78, 5) is 2.53. The molecule has 0 saturated carbocycles. The van der Waals surface area contributed by atoms with Crippen molar-refractivity contribution in [2.75, 3.05) is 4.90 Å². The molecule has 10 aromatic carbocycles. The van der Waals surface area contributed by atoms with Crippen LogP contribution in [0.4, 0.5) is 17.1 Å². The van der Waals surface area contributed by atoms with E-state index < -0.39 is 10.6 Å². The first kappa shape index (κ1) is 38.4. The molecule has 1 spiro atoms. The van der Waals surface area contributed by atoms with Crippen molar-refractivity contribution in [1.82, 2.24) is 0 Å². The molecule has 4 aliphatic rings. The predicted octanol–water partition coefficient (Wildman–Crippen LogP) is 16.6. The monoisotopic (exact) mass is 869 g/mol. The highest BCUT2D eigenvalue weighted by atomic mass is 31.1. The van der Waals surface area contributed by atoms with E-state index in [1.54, 1.807) is 0 Å². The first-order valence-electron chi connectivity index (χ1n) is 23.5. The lowest BCUT2D eigenvalue weighted by molar-refractivity contribution is 0.794. The number of rotatable bonds is 6. The Balaban J connectivity index is 1.01. The van der Waals surface area contributed by atoms with Crippen molar-refractivity contribution in [2.24, 2.45) is 0 Å². The number of benzene rings is 10. The summed E-state index contributed by atoms with van der Waals surface area (Å²) in [6.45, 7) is 0. The minimum absolute atomic E-state index is 0.434. The third-order valence-corrected chi connectivity index (χ3v) is 16.7. The van der Waals surface area contributed by atoms with E-state index in [0.717, 1.165) is 38.1 Å². The maximum Gasteiger partial charge on any atom is 0.0876 e. The standard InChI is InChI=1S/C65H44NP/c1-67-65(46-17-3-2-4-18-46)59-27-14-9-22-52(59)53-39-38-48(41-61(53)65)66(47-36-34-42(35-37-47)45-33-32-44-31-30-43-16-5-6-19-49(43)55(44)40-45)62-29-15-28-60-63(62)54-23-10-13-26-58(54)64(60)56-24-11-7-20-50(56)51-21-8-12-25-57(51)64/h2-29,32-41H,1,30-31H2. The molecule has 314 valence electrons. The number of hydrogen-bond donors (Lipinski definition) is 0. The summed E-state index contributed by atoms with van der Waals surface area (Å²) in [5.74, 6) is 0. The molecule has 1 nitrogen and oxygen atoms in total. The second kappa shape index (κ2) is 14.6. The molecular formula is C65H44NP. The summed E-state index contributed by atoms with van der Waals surface area (Å²) in [5.41, 5.74) is 27.9. The Hall–Kier alpha value is -7.83. The predicted molar refractivity (Wildman–Crippen MR) is 282 cm³/mol. The molecule has 67 heavy (non-hydrogen) atoms. The van der Waals surface area contributed by atoms with Crippen LogP contribution in [0.25, 0.3) is 55.6 Å². The van der Waals surface area contributed by atoms with Gasteiger partial charge < -0.3 is 4.90 Å². The Labute approximate surface area is 394 Å². The Morgan fingerprint density at radius 3 is 1.58 bits per heavy atom. The van der Waals surface area contributed by atoms with Crippen molar-refractivity contribution in [2.45, 2.75) is 23.4 Å². The molecule has 0 aromatic heterocycles. The third kappa shape index (κ3) is 5.24. The Morgan fingerprint density at radius 2 is 0.881 bits per heavy atom. The minimum Gasteiger partial charge on any atom is -0.310 e. The highest BCUT2D eigenvalue weighted by molar-refractivity contribution is 7.39. The fourth-order valence-corrected chi connectivity index (χ4v) is 13.7. The minimum atomic E-state index is -0.454. The van der Waals surface area contributed by atoms with Gasteiger partial charge in [-0.2, -0.15) is 0 Å². The van der Waals surface area contributed by atoms with Crippen LogP contribution in [0.3, 0.4) is 0 Å². The molecule has 1 atom stereocenters. The SMILES string of the molecule is C=PC1(c2ccccc2)c2ccccc2-c2ccc(N(c3ccc(-c4ccc5c(c4)-c4ccccc4CC5)cc3)c3cccc4c3-c3ccccc3C43c4ccccc4-c4ccccc43)cc21. The molecule has 0 N–H and O–H groups in total. The Morgan fingerprint density at radius 1 is 0.358 bits per heavy atom. The van der Waals surface area contributed by atoms with E-state index >= 15 is 0 Å². The van der Waals surface area contributed by atoms with E-state index in [1.165, 1.54) is 106 Å². The zero-order chi connectivity index (χ0) is 44.3. The summed E-state index contributed by atoms with van der Waals surface area (Å²) in [5, 5.41) is -0.434. The summed E-state index contributed by atoms with van der Waals surface area (Å²) in [7, 11) is 1.02. The fraction of sp³-hybridized carbons (Fsp3) is 0.0615. The molecule has 0 radical (unpaired) electrons. The van der Waals surface area contributed by atoms with Crippen LogP contribution < -0.4 is 4.90 Å². The molecule has 0 heterocycles. The normalized spacial score (nSPS) is 16.0. The Bertz CT molecular complexity index is 3630. The van der Waals surface area contributed by atoms with Crippen molar-refractivity contribution in [3.63, 3.8) is 0 Å². The van der Waals surface area contributed by atoms with Gasteiger partial charge >= 0.3 is 0 Å². The number of aryl methyl sites for hydroxylation is 2. The maximum atomic E-state index is 4.69. The van der Waals surface area contributed by atoms with Gasteiger partial charge in [-0.05, 0) is 149 Å². The maximum absolute atomic E-state index is 4.69. The van der Waals surface area contributed by atoms with Gasteiger partial charge in [-0.3, -0.25) is 0 Å². The molecule has 2 heteroatoms. The Kier molecular flexibility index (Phi) is 8.37. The van der Waals surface area contributed by atoms with E-state index in [2.05, 4.69) is 235 Å². The second-order valence-corrected chi connectivity index (χ2v) is 19.5. The zero-order valence-corrected chi connectivity index (χ0v) is 37.8. The van der Waals surface area contributed by atoms with Crippen molar-refractivity contribution in [3.8, 4) is 55.6 Å². The first-order chi connectivity index (χ1) is 33.2. The lowest BCUT2D eigenvalue weighted by Crippen LogP contribution is -2.26. The van der Waals surface area contributed by atoms with Crippen LogP contribution in [-0.4, -0.2) is 6.30 Å². The molecule has 0 bridgehead atoms. The molecule has 0 amide bonds. The highest BCUT2D eigenvalue weighted by Crippen LogP contribution is 2.65. The van der Waals surface area contributed by atoms with Crippen LogP contribution in [0.15, 0.2) is 231 Å². The highest BCUT2D eigenvalue weighted by Gasteiger charge is 2.52. The van der Waals surface area contributed by atoms with Gasteiger partial charge in [0.05, 0.1) is 16.3 Å². The zero-order valence-electron chi connectivity index (χ0n) is 37.0.